The average Bonchev–Trinajstić information content (AvgIpc) is 2.44. The van der Waals surface area contributed by atoms with Crippen molar-refractivity contribution in [3.8, 4) is 11.9 Å². The average molecular weight is 268 g/mol. The molecular formula is C16H16N2O2. The van der Waals surface area contributed by atoms with Gasteiger partial charge in [-0.1, -0.05) is 36.8 Å². The lowest BCUT2D eigenvalue weighted by atomic mass is 10.1. The van der Waals surface area contributed by atoms with Crippen molar-refractivity contribution in [3.63, 3.8) is 0 Å². The molecule has 0 atom stereocenters. The van der Waals surface area contributed by atoms with Gasteiger partial charge in [0.2, 0.25) is 0 Å². The molecule has 2 aromatic rings. The first-order chi connectivity index (χ1) is 9.56. The second-order valence-electron chi connectivity index (χ2n) is 4.75. The molecule has 1 aromatic carbocycles. The van der Waals surface area contributed by atoms with Gasteiger partial charge in [0.05, 0.1) is 6.54 Å². The lowest BCUT2D eigenvalue weighted by molar-refractivity contribution is 0.413. The van der Waals surface area contributed by atoms with E-state index >= 15 is 0 Å². The summed E-state index contributed by atoms with van der Waals surface area (Å²) >= 11 is 0. The third-order valence-electron chi connectivity index (χ3n) is 3.31. The van der Waals surface area contributed by atoms with Gasteiger partial charge in [0.1, 0.15) is 11.6 Å². The maximum Gasteiger partial charge on any atom is 0.271 e. The minimum atomic E-state index is -0.440. The van der Waals surface area contributed by atoms with Crippen LogP contribution in [0, 0.1) is 18.3 Å². The number of pyridine rings is 1. The molecule has 1 aromatic heterocycles. The molecule has 20 heavy (non-hydrogen) atoms. The molecular weight excluding hydrogens is 252 g/mol. The SMILES string of the molecule is CCc1cc(O)n(Cc2ccc(C)cc2)c(=O)c1C#N. The zero-order chi connectivity index (χ0) is 14.7. The Hall–Kier alpha value is -2.54. The number of hydrogen-bond donors (Lipinski definition) is 1. The summed E-state index contributed by atoms with van der Waals surface area (Å²) in [5, 5.41) is 19.1. The summed E-state index contributed by atoms with van der Waals surface area (Å²) in [4.78, 5) is 12.3. The first kappa shape index (κ1) is 13.9. The van der Waals surface area contributed by atoms with E-state index in [1.54, 1.807) is 0 Å². The Kier molecular flexibility index (Phi) is 3.90. The Bertz CT molecular complexity index is 722. The van der Waals surface area contributed by atoms with E-state index in [2.05, 4.69) is 0 Å². The Labute approximate surface area is 117 Å². The van der Waals surface area contributed by atoms with Crippen LogP contribution in [-0.4, -0.2) is 9.67 Å². The number of aromatic nitrogens is 1. The Morgan fingerprint density at radius 1 is 1.30 bits per heavy atom. The summed E-state index contributed by atoms with van der Waals surface area (Å²) in [5.74, 6) is -0.105. The van der Waals surface area contributed by atoms with Crippen molar-refractivity contribution in [1.29, 1.82) is 5.26 Å². The standard InChI is InChI=1S/C16H16N2O2/c1-3-13-8-15(19)18(16(20)14(13)9-17)10-12-6-4-11(2)5-7-12/h4-8,19H,3,10H2,1-2H3. The molecule has 0 saturated heterocycles. The number of hydrogen-bond acceptors (Lipinski definition) is 3. The van der Waals surface area contributed by atoms with Crippen LogP contribution in [0.3, 0.4) is 0 Å². The van der Waals surface area contributed by atoms with Gasteiger partial charge in [0, 0.05) is 6.07 Å². The first-order valence-electron chi connectivity index (χ1n) is 6.48. The van der Waals surface area contributed by atoms with E-state index < -0.39 is 5.56 Å². The maximum absolute atomic E-state index is 12.3. The van der Waals surface area contributed by atoms with E-state index in [1.165, 1.54) is 10.6 Å². The van der Waals surface area contributed by atoms with Gasteiger partial charge in [-0.3, -0.25) is 9.36 Å². The summed E-state index contributed by atoms with van der Waals surface area (Å²) < 4.78 is 1.22. The van der Waals surface area contributed by atoms with Crippen LogP contribution >= 0.6 is 0 Å². The maximum atomic E-state index is 12.3. The van der Waals surface area contributed by atoms with E-state index in [0.717, 1.165) is 11.1 Å². The normalized spacial score (nSPS) is 10.2. The summed E-state index contributed by atoms with van der Waals surface area (Å²) in [6.45, 7) is 4.08. The van der Waals surface area contributed by atoms with Crippen LogP contribution in [0.1, 0.15) is 29.2 Å². The fourth-order valence-corrected chi connectivity index (χ4v) is 2.11. The highest BCUT2D eigenvalue weighted by molar-refractivity contribution is 5.39. The monoisotopic (exact) mass is 268 g/mol. The van der Waals surface area contributed by atoms with Crippen molar-refractivity contribution in [3.05, 3.63) is 62.9 Å². The molecule has 0 fully saturated rings. The van der Waals surface area contributed by atoms with Gasteiger partial charge >= 0.3 is 0 Å². The highest BCUT2D eigenvalue weighted by atomic mass is 16.3. The molecule has 0 saturated carbocycles. The van der Waals surface area contributed by atoms with Gasteiger partial charge in [-0.25, -0.2) is 0 Å². The second kappa shape index (κ2) is 5.62. The predicted molar refractivity (Wildman–Crippen MR) is 76.7 cm³/mol. The van der Waals surface area contributed by atoms with E-state index in [1.807, 2.05) is 44.2 Å². The van der Waals surface area contributed by atoms with E-state index in [0.29, 0.717) is 12.0 Å². The van der Waals surface area contributed by atoms with E-state index in [-0.39, 0.29) is 18.0 Å². The Balaban J connectivity index is 2.50. The molecule has 2 rings (SSSR count). The van der Waals surface area contributed by atoms with Crippen LogP contribution in [0.25, 0.3) is 0 Å². The van der Waals surface area contributed by atoms with Crippen molar-refractivity contribution in [2.45, 2.75) is 26.8 Å². The van der Waals surface area contributed by atoms with Gasteiger partial charge in [-0.15, -0.1) is 0 Å². The fraction of sp³-hybridized carbons (Fsp3) is 0.250. The lowest BCUT2D eigenvalue weighted by Gasteiger charge is -2.11. The summed E-state index contributed by atoms with van der Waals surface area (Å²) in [6, 6.07) is 11.1. The van der Waals surface area contributed by atoms with Crippen molar-refractivity contribution < 1.29 is 5.11 Å². The van der Waals surface area contributed by atoms with E-state index in [9.17, 15) is 9.90 Å². The molecule has 0 spiro atoms. The Morgan fingerprint density at radius 2 is 1.95 bits per heavy atom. The van der Waals surface area contributed by atoms with Crippen molar-refractivity contribution in [2.75, 3.05) is 0 Å². The Morgan fingerprint density at radius 3 is 2.50 bits per heavy atom. The van der Waals surface area contributed by atoms with Crippen molar-refractivity contribution in [1.82, 2.24) is 4.57 Å². The number of benzene rings is 1. The van der Waals surface area contributed by atoms with Crippen LogP contribution in [0.15, 0.2) is 35.1 Å². The zero-order valence-electron chi connectivity index (χ0n) is 11.6. The molecule has 0 radical (unpaired) electrons. The molecule has 1 N–H and O–H groups in total. The summed E-state index contributed by atoms with van der Waals surface area (Å²) in [5.41, 5.74) is 2.28. The highest BCUT2D eigenvalue weighted by Crippen LogP contribution is 2.15. The molecule has 0 aliphatic heterocycles. The molecule has 102 valence electrons. The quantitative estimate of drug-likeness (QED) is 0.929. The molecule has 0 amide bonds. The minimum Gasteiger partial charge on any atom is -0.494 e. The fourth-order valence-electron chi connectivity index (χ4n) is 2.11. The van der Waals surface area contributed by atoms with Gasteiger partial charge in [-0.2, -0.15) is 5.26 Å². The van der Waals surface area contributed by atoms with Crippen LogP contribution < -0.4 is 5.56 Å². The van der Waals surface area contributed by atoms with Gasteiger partial charge in [0.15, 0.2) is 5.88 Å². The summed E-state index contributed by atoms with van der Waals surface area (Å²) in [6.07, 6.45) is 0.539. The number of aromatic hydroxyl groups is 1. The van der Waals surface area contributed by atoms with Gasteiger partial charge in [0.25, 0.3) is 5.56 Å². The van der Waals surface area contributed by atoms with E-state index in [4.69, 9.17) is 5.26 Å². The topological polar surface area (TPSA) is 66.0 Å². The number of nitriles is 1. The number of rotatable bonds is 3. The molecule has 1 heterocycles. The first-order valence-corrected chi connectivity index (χ1v) is 6.48. The number of nitrogens with zero attached hydrogens (tertiary/aromatic N) is 2. The zero-order valence-corrected chi connectivity index (χ0v) is 11.6. The predicted octanol–water partition coefficient (Wildman–Crippen LogP) is 2.34. The molecule has 0 aliphatic carbocycles. The lowest BCUT2D eigenvalue weighted by Crippen LogP contribution is -2.24. The number of aryl methyl sites for hydroxylation is 2. The van der Waals surface area contributed by atoms with Gasteiger partial charge < -0.3 is 5.11 Å². The molecule has 0 unspecified atom stereocenters. The minimum absolute atomic E-state index is 0.105. The third-order valence-corrected chi connectivity index (χ3v) is 3.31. The van der Waals surface area contributed by atoms with Crippen molar-refractivity contribution >= 4 is 0 Å². The smallest absolute Gasteiger partial charge is 0.271 e. The van der Waals surface area contributed by atoms with Gasteiger partial charge in [-0.05, 0) is 24.5 Å². The molecule has 0 bridgehead atoms. The van der Waals surface area contributed by atoms with Crippen molar-refractivity contribution in [2.24, 2.45) is 0 Å². The molecule has 4 heteroatoms. The largest absolute Gasteiger partial charge is 0.494 e. The second-order valence-corrected chi connectivity index (χ2v) is 4.75. The van der Waals surface area contributed by atoms with Crippen LogP contribution in [-0.2, 0) is 13.0 Å². The van der Waals surface area contributed by atoms with Crippen LogP contribution in [0.4, 0.5) is 0 Å². The van der Waals surface area contributed by atoms with Crippen LogP contribution in [0.5, 0.6) is 5.88 Å². The summed E-state index contributed by atoms with van der Waals surface area (Å²) in [7, 11) is 0. The molecule has 4 nitrogen and oxygen atoms in total. The molecule has 0 aliphatic rings. The third kappa shape index (κ3) is 2.57. The highest BCUT2D eigenvalue weighted by Gasteiger charge is 2.13. The van der Waals surface area contributed by atoms with Crippen LogP contribution in [0.2, 0.25) is 0 Å².